The van der Waals surface area contributed by atoms with Gasteiger partial charge < -0.3 is 15.5 Å². The number of carbonyl (C=O) groups is 2. The Bertz CT molecular complexity index is 1090. The topological polar surface area (TPSA) is 77.6 Å². The van der Waals surface area contributed by atoms with Crippen molar-refractivity contribution in [2.45, 2.75) is 19.9 Å². The van der Waals surface area contributed by atoms with Gasteiger partial charge in [-0.25, -0.2) is 0 Å². The number of carbonyl (C=O) groups excluding carboxylic acids is 2. The van der Waals surface area contributed by atoms with Gasteiger partial charge in [-0.2, -0.15) is 0 Å². The van der Waals surface area contributed by atoms with E-state index in [9.17, 15) is 9.59 Å². The summed E-state index contributed by atoms with van der Waals surface area (Å²) in [6.07, 6.45) is 3.57. The van der Waals surface area contributed by atoms with Crippen LogP contribution in [0.3, 0.4) is 0 Å². The number of benzene rings is 2. The highest BCUT2D eigenvalue weighted by atomic mass is 16.2. The Morgan fingerprint density at radius 3 is 2.24 bits per heavy atom. The summed E-state index contributed by atoms with van der Waals surface area (Å²) >= 11 is 0. The monoisotopic (exact) mass is 457 g/mol. The molecule has 176 valence electrons. The number of piperazine rings is 1. The van der Waals surface area contributed by atoms with E-state index >= 15 is 0 Å². The van der Waals surface area contributed by atoms with E-state index in [0.29, 0.717) is 12.2 Å². The first-order chi connectivity index (χ1) is 16.5. The Kier molecular flexibility index (Phi) is 7.54. The first kappa shape index (κ1) is 23.4. The number of nitrogens with zero attached hydrogens (tertiary/aromatic N) is 3. The summed E-state index contributed by atoms with van der Waals surface area (Å²) in [5.74, 6) is -1.30. The van der Waals surface area contributed by atoms with Gasteiger partial charge in [-0.1, -0.05) is 42.5 Å². The molecule has 2 N–H and O–H groups in total. The summed E-state index contributed by atoms with van der Waals surface area (Å²) in [4.78, 5) is 34.2. The molecule has 2 aromatic carbocycles. The van der Waals surface area contributed by atoms with Crippen LogP contribution in [-0.4, -0.2) is 54.4 Å². The van der Waals surface area contributed by atoms with Crippen LogP contribution >= 0.6 is 0 Å². The Hall–Kier alpha value is -3.71. The van der Waals surface area contributed by atoms with E-state index in [1.54, 1.807) is 6.20 Å². The number of pyridine rings is 1. The number of rotatable bonds is 6. The molecule has 34 heavy (non-hydrogen) atoms. The molecule has 0 aliphatic carbocycles. The molecule has 0 saturated carbocycles. The van der Waals surface area contributed by atoms with E-state index in [-0.39, 0.29) is 6.04 Å². The zero-order valence-corrected chi connectivity index (χ0v) is 19.7. The molecule has 0 unspecified atom stereocenters. The first-order valence-corrected chi connectivity index (χ1v) is 11.6. The van der Waals surface area contributed by atoms with Crippen LogP contribution in [0.5, 0.6) is 0 Å². The molecule has 1 aromatic heterocycles. The molecule has 0 bridgehead atoms. The molecule has 2 heterocycles. The van der Waals surface area contributed by atoms with Gasteiger partial charge in [0.15, 0.2) is 0 Å². The maximum absolute atomic E-state index is 12.7. The van der Waals surface area contributed by atoms with Crippen LogP contribution in [0.25, 0.3) is 0 Å². The molecule has 1 aliphatic heterocycles. The van der Waals surface area contributed by atoms with Gasteiger partial charge in [-0.15, -0.1) is 0 Å². The van der Waals surface area contributed by atoms with Gasteiger partial charge in [-0.05, 0) is 48.7 Å². The number of hydrogen-bond donors (Lipinski definition) is 2. The zero-order chi connectivity index (χ0) is 23.9. The summed E-state index contributed by atoms with van der Waals surface area (Å²) in [7, 11) is 0. The lowest BCUT2D eigenvalue weighted by Gasteiger charge is -2.40. The van der Waals surface area contributed by atoms with E-state index in [0.717, 1.165) is 42.9 Å². The molecule has 1 saturated heterocycles. The molecule has 7 nitrogen and oxygen atoms in total. The number of para-hydroxylation sites is 2. The van der Waals surface area contributed by atoms with Crippen molar-refractivity contribution in [2.75, 3.05) is 42.9 Å². The number of nitrogens with one attached hydrogen (secondary N) is 2. The maximum atomic E-state index is 12.7. The lowest BCUT2D eigenvalue weighted by molar-refractivity contribution is -0.136. The Morgan fingerprint density at radius 1 is 0.882 bits per heavy atom. The molecule has 0 radical (unpaired) electrons. The summed E-state index contributed by atoms with van der Waals surface area (Å²) < 4.78 is 0. The van der Waals surface area contributed by atoms with E-state index in [1.807, 2.05) is 56.4 Å². The normalized spacial score (nSPS) is 14.9. The van der Waals surface area contributed by atoms with Crippen LogP contribution in [0, 0.1) is 13.8 Å². The quantitative estimate of drug-likeness (QED) is 0.556. The Balaban J connectivity index is 1.40. The van der Waals surface area contributed by atoms with Crippen molar-refractivity contribution in [3.05, 3.63) is 89.7 Å². The molecule has 4 rings (SSSR count). The van der Waals surface area contributed by atoms with Gasteiger partial charge in [0.25, 0.3) is 0 Å². The van der Waals surface area contributed by atoms with Gasteiger partial charge in [0, 0.05) is 56.5 Å². The van der Waals surface area contributed by atoms with E-state index in [2.05, 4.69) is 49.7 Å². The van der Waals surface area contributed by atoms with Crippen LogP contribution in [-0.2, 0) is 9.59 Å². The minimum Gasteiger partial charge on any atom is -0.369 e. The summed E-state index contributed by atoms with van der Waals surface area (Å²) in [5, 5.41) is 5.61. The fraction of sp³-hybridized carbons (Fsp3) is 0.296. The molecule has 1 fully saturated rings. The highest BCUT2D eigenvalue weighted by Crippen LogP contribution is 2.24. The van der Waals surface area contributed by atoms with Crippen LogP contribution in [0.1, 0.15) is 22.7 Å². The lowest BCUT2D eigenvalue weighted by Crippen LogP contribution is -2.50. The minimum atomic E-state index is -0.656. The largest absolute Gasteiger partial charge is 0.369 e. The van der Waals surface area contributed by atoms with Gasteiger partial charge in [-0.3, -0.25) is 19.5 Å². The highest BCUT2D eigenvalue weighted by molar-refractivity contribution is 6.39. The fourth-order valence-electron chi connectivity index (χ4n) is 4.41. The predicted molar refractivity (Wildman–Crippen MR) is 135 cm³/mol. The van der Waals surface area contributed by atoms with Crippen molar-refractivity contribution in [2.24, 2.45) is 0 Å². The molecule has 7 heteroatoms. The predicted octanol–water partition coefficient (Wildman–Crippen LogP) is 3.32. The van der Waals surface area contributed by atoms with Crippen LogP contribution < -0.4 is 15.5 Å². The summed E-state index contributed by atoms with van der Waals surface area (Å²) in [6, 6.07) is 20.0. The average molecular weight is 458 g/mol. The second-order valence-electron chi connectivity index (χ2n) is 8.59. The second kappa shape index (κ2) is 10.9. The Labute approximate surface area is 200 Å². The summed E-state index contributed by atoms with van der Waals surface area (Å²) in [5.41, 5.74) is 4.77. The van der Waals surface area contributed by atoms with Gasteiger partial charge >= 0.3 is 11.8 Å². The van der Waals surface area contributed by atoms with Gasteiger partial charge in [0.1, 0.15) is 0 Å². The van der Waals surface area contributed by atoms with Gasteiger partial charge in [0.2, 0.25) is 0 Å². The summed E-state index contributed by atoms with van der Waals surface area (Å²) in [6.45, 7) is 7.62. The molecule has 2 amide bonds. The fourth-order valence-corrected chi connectivity index (χ4v) is 4.41. The first-order valence-electron chi connectivity index (χ1n) is 11.6. The molecule has 0 spiro atoms. The third-order valence-corrected chi connectivity index (χ3v) is 6.33. The van der Waals surface area contributed by atoms with Crippen LogP contribution in [0.2, 0.25) is 0 Å². The molecular formula is C27H31N5O2. The van der Waals surface area contributed by atoms with E-state index in [4.69, 9.17) is 0 Å². The SMILES string of the molecule is Cc1cccc(C)c1NC(=O)C(=O)NC[C@H](c1cccnc1)N1CCN(c2ccccc2)CC1. The number of aromatic nitrogens is 1. The third kappa shape index (κ3) is 5.61. The van der Waals surface area contributed by atoms with E-state index in [1.165, 1.54) is 5.69 Å². The Morgan fingerprint density at radius 2 is 1.59 bits per heavy atom. The minimum absolute atomic E-state index is 0.0661. The number of aryl methyl sites for hydroxylation is 2. The number of hydrogen-bond acceptors (Lipinski definition) is 5. The second-order valence-corrected chi connectivity index (χ2v) is 8.59. The highest BCUT2D eigenvalue weighted by Gasteiger charge is 2.27. The lowest BCUT2D eigenvalue weighted by atomic mass is 10.1. The molecule has 3 aromatic rings. The smallest absolute Gasteiger partial charge is 0.313 e. The van der Waals surface area contributed by atoms with Crippen molar-refractivity contribution >= 4 is 23.2 Å². The molecular weight excluding hydrogens is 426 g/mol. The van der Waals surface area contributed by atoms with Crippen LogP contribution in [0.15, 0.2) is 73.1 Å². The van der Waals surface area contributed by atoms with Gasteiger partial charge in [0.05, 0.1) is 6.04 Å². The average Bonchev–Trinajstić information content (AvgIpc) is 2.88. The van der Waals surface area contributed by atoms with Crippen molar-refractivity contribution in [3.8, 4) is 0 Å². The molecule has 1 atom stereocenters. The van der Waals surface area contributed by atoms with Crippen LogP contribution in [0.4, 0.5) is 11.4 Å². The standard InChI is InChI=1S/C27H31N5O2/c1-20-8-6-9-21(2)25(20)30-27(34)26(33)29-19-24(22-10-7-13-28-18-22)32-16-14-31(15-17-32)23-11-4-3-5-12-23/h3-13,18,24H,14-17,19H2,1-2H3,(H,29,33)(H,30,34)/t24-/m1/s1. The van der Waals surface area contributed by atoms with Crippen molar-refractivity contribution in [3.63, 3.8) is 0 Å². The van der Waals surface area contributed by atoms with Crippen molar-refractivity contribution in [1.29, 1.82) is 0 Å². The van der Waals surface area contributed by atoms with E-state index < -0.39 is 11.8 Å². The molecule has 1 aliphatic rings. The maximum Gasteiger partial charge on any atom is 0.313 e. The number of amides is 2. The van der Waals surface area contributed by atoms with Crippen molar-refractivity contribution in [1.82, 2.24) is 15.2 Å². The third-order valence-electron chi connectivity index (χ3n) is 6.33. The van der Waals surface area contributed by atoms with Crippen molar-refractivity contribution < 1.29 is 9.59 Å². The zero-order valence-electron chi connectivity index (χ0n) is 19.7. The number of anilines is 2.